The lowest BCUT2D eigenvalue weighted by molar-refractivity contribution is -0.137. The lowest BCUT2D eigenvalue weighted by atomic mass is 10.1. The first-order valence-electron chi connectivity index (χ1n) is 6.88. The second kappa shape index (κ2) is 8.30. The highest BCUT2D eigenvalue weighted by Crippen LogP contribution is 2.30. The molecule has 1 aromatic carbocycles. The second-order valence-electron chi connectivity index (χ2n) is 5.22. The topological polar surface area (TPSA) is 76.1 Å². The van der Waals surface area contributed by atoms with E-state index < -0.39 is 25.0 Å². The van der Waals surface area contributed by atoms with E-state index in [1.54, 1.807) is 0 Å². The molecular formula is C15H19F2NO5. The Morgan fingerprint density at radius 3 is 2.39 bits per heavy atom. The van der Waals surface area contributed by atoms with Crippen LogP contribution < -0.4 is 9.47 Å². The molecule has 1 amide bonds. The molecule has 1 N–H and O–H groups in total. The van der Waals surface area contributed by atoms with Crippen LogP contribution >= 0.6 is 0 Å². The molecule has 0 bridgehead atoms. The molecule has 0 unspecified atom stereocenters. The molecule has 0 heterocycles. The zero-order valence-corrected chi connectivity index (χ0v) is 13.1. The zero-order chi connectivity index (χ0) is 17.6. The average Bonchev–Trinajstić information content (AvgIpc) is 2.44. The van der Waals surface area contributed by atoms with Crippen molar-refractivity contribution in [2.75, 3.05) is 20.2 Å². The van der Waals surface area contributed by atoms with Gasteiger partial charge in [0, 0.05) is 12.1 Å². The Bertz CT molecular complexity index is 563. The monoisotopic (exact) mass is 331 g/mol. The average molecular weight is 331 g/mol. The molecule has 1 rings (SSSR count). The fourth-order valence-corrected chi connectivity index (χ4v) is 2.00. The van der Waals surface area contributed by atoms with Crippen molar-refractivity contribution in [2.45, 2.75) is 20.5 Å². The molecule has 23 heavy (non-hydrogen) atoms. The summed E-state index contributed by atoms with van der Waals surface area (Å²) < 4.78 is 33.8. The normalized spacial score (nSPS) is 10.7. The Labute approximate surface area is 132 Å². The van der Waals surface area contributed by atoms with Gasteiger partial charge in [0.05, 0.1) is 7.11 Å². The number of benzene rings is 1. The molecule has 0 saturated heterocycles. The molecule has 6 nitrogen and oxygen atoms in total. The lowest BCUT2D eigenvalue weighted by Gasteiger charge is -2.23. The van der Waals surface area contributed by atoms with Crippen LogP contribution in [0.4, 0.5) is 8.78 Å². The maximum atomic E-state index is 12.4. The quantitative estimate of drug-likeness (QED) is 0.792. The number of methoxy groups -OCH3 is 1. The van der Waals surface area contributed by atoms with Crippen LogP contribution in [0, 0.1) is 5.92 Å². The number of carbonyl (C=O) groups is 2. The van der Waals surface area contributed by atoms with E-state index in [9.17, 15) is 18.4 Å². The van der Waals surface area contributed by atoms with Crippen LogP contribution in [0.3, 0.4) is 0 Å². The van der Waals surface area contributed by atoms with Crippen LogP contribution in [0.25, 0.3) is 0 Å². The van der Waals surface area contributed by atoms with Gasteiger partial charge in [-0.3, -0.25) is 9.59 Å². The highest BCUT2D eigenvalue weighted by Gasteiger charge is 2.21. The number of carbonyl (C=O) groups excluding carboxylic acids is 1. The summed E-state index contributed by atoms with van der Waals surface area (Å²) in [7, 11) is 1.26. The molecule has 0 aromatic heterocycles. The maximum absolute atomic E-state index is 12.4. The number of alkyl halides is 2. The van der Waals surface area contributed by atoms with Crippen molar-refractivity contribution in [3.8, 4) is 11.5 Å². The number of carboxylic acid groups (broad SMARTS) is 1. The molecule has 0 aliphatic rings. The molecular weight excluding hydrogens is 312 g/mol. The molecule has 0 saturated carbocycles. The predicted octanol–water partition coefficient (Wildman–Crippen LogP) is 2.48. The van der Waals surface area contributed by atoms with Gasteiger partial charge in [-0.1, -0.05) is 13.8 Å². The van der Waals surface area contributed by atoms with Crippen LogP contribution in [0.2, 0.25) is 0 Å². The first-order chi connectivity index (χ1) is 10.7. The van der Waals surface area contributed by atoms with Crippen molar-refractivity contribution >= 4 is 11.9 Å². The van der Waals surface area contributed by atoms with Crippen LogP contribution in [0.15, 0.2) is 18.2 Å². The van der Waals surface area contributed by atoms with Crippen LogP contribution in [0.5, 0.6) is 11.5 Å². The zero-order valence-electron chi connectivity index (χ0n) is 13.1. The van der Waals surface area contributed by atoms with Crippen molar-refractivity contribution < 1.29 is 33.0 Å². The maximum Gasteiger partial charge on any atom is 0.387 e. The summed E-state index contributed by atoms with van der Waals surface area (Å²) in [6.07, 6.45) is 0. The van der Waals surface area contributed by atoms with Gasteiger partial charge in [0.25, 0.3) is 5.91 Å². The molecule has 0 fully saturated rings. The highest BCUT2D eigenvalue weighted by molar-refractivity contribution is 5.96. The minimum Gasteiger partial charge on any atom is -0.493 e. The first kappa shape index (κ1) is 18.7. The Morgan fingerprint density at radius 1 is 1.26 bits per heavy atom. The summed E-state index contributed by atoms with van der Waals surface area (Å²) in [5, 5.41) is 8.91. The largest absolute Gasteiger partial charge is 0.493 e. The van der Waals surface area contributed by atoms with Crippen molar-refractivity contribution in [1.82, 2.24) is 4.90 Å². The molecule has 128 valence electrons. The smallest absolute Gasteiger partial charge is 0.387 e. The third kappa shape index (κ3) is 5.72. The van der Waals surface area contributed by atoms with E-state index in [1.165, 1.54) is 30.2 Å². The van der Waals surface area contributed by atoms with Gasteiger partial charge >= 0.3 is 12.6 Å². The van der Waals surface area contributed by atoms with Gasteiger partial charge in [-0.15, -0.1) is 0 Å². The van der Waals surface area contributed by atoms with Crippen molar-refractivity contribution in [3.05, 3.63) is 23.8 Å². The number of carboxylic acids is 1. The number of amides is 1. The van der Waals surface area contributed by atoms with Gasteiger partial charge in [0.2, 0.25) is 0 Å². The van der Waals surface area contributed by atoms with Crippen LogP contribution in [-0.2, 0) is 4.79 Å². The standard InChI is InChI=1S/C15H19F2NO5/c1-9(2)7-18(8-13(19)20)14(21)10-4-5-11(23-15(16)17)12(6-10)22-3/h4-6,9,15H,7-8H2,1-3H3,(H,19,20). The van der Waals surface area contributed by atoms with E-state index in [0.29, 0.717) is 0 Å². The molecule has 0 atom stereocenters. The number of rotatable bonds is 8. The van der Waals surface area contributed by atoms with Gasteiger partial charge in [0.1, 0.15) is 6.54 Å². The van der Waals surface area contributed by atoms with Gasteiger partial charge in [-0.05, 0) is 24.1 Å². The van der Waals surface area contributed by atoms with Crippen LogP contribution in [-0.4, -0.2) is 48.7 Å². The van der Waals surface area contributed by atoms with Crippen LogP contribution in [0.1, 0.15) is 24.2 Å². The summed E-state index contributed by atoms with van der Waals surface area (Å²) in [5.41, 5.74) is 0.130. The number of aliphatic carboxylic acids is 1. The van der Waals surface area contributed by atoms with E-state index in [4.69, 9.17) is 9.84 Å². The summed E-state index contributed by atoms with van der Waals surface area (Å²) in [6.45, 7) is 0.483. The van der Waals surface area contributed by atoms with E-state index in [1.807, 2.05) is 13.8 Å². The predicted molar refractivity (Wildman–Crippen MR) is 78.0 cm³/mol. The Balaban J connectivity index is 3.06. The Morgan fingerprint density at radius 2 is 1.91 bits per heavy atom. The SMILES string of the molecule is COc1cc(C(=O)N(CC(=O)O)CC(C)C)ccc1OC(F)F. The van der Waals surface area contributed by atoms with Gasteiger partial charge in [0.15, 0.2) is 11.5 Å². The van der Waals surface area contributed by atoms with Gasteiger partial charge < -0.3 is 19.5 Å². The van der Waals surface area contributed by atoms with E-state index in [2.05, 4.69) is 4.74 Å². The van der Waals surface area contributed by atoms with Crippen molar-refractivity contribution in [1.29, 1.82) is 0 Å². The molecule has 0 radical (unpaired) electrons. The fourth-order valence-electron chi connectivity index (χ4n) is 2.00. The summed E-state index contributed by atoms with van der Waals surface area (Å²) >= 11 is 0. The number of hydrogen-bond acceptors (Lipinski definition) is 4. The molecule has 0 aliphatic carbocycles. The number of ether oxygens (including phenoxy) is 2. The minimum atomic E-state index is -3.02. The van der Waals surface area contributed by atoms with E-state index in [-0.39, 0.29) is 29.5 Å². The van der Waals surface area contributed by atoms with Gasteiger partial charge in [-0.2, -0.15) is 8.78 Å². The highest BCUT2D eigenvalue weighted by atomic mass is 19.3. The van der Waals surface area contributed by atoms with E-state index in [0.717, 1.165) is 0 Å². The lowest BCUT2D eigenvalue weighted by Crippen LogP contribution is -2.38. The van der Waals surface area contributed by atoms with Crippen molar-refractivity contribution in [3.63, 3.8) is 0 Å². The summed E-state index contributed by atoms with van der Waals surface area (Å²) in [5.74, 6) is -1.82. The van der Waals surface area contributed by atoms with E-state index >= 15 is 0 Å². The first-order valence-corrected chi connectivity index (χ1v) is 6.88. The third-order valence-electron chi connectivity index (χ3n) is 2.83. The summed E-state index contributed by atoms with van der Waals surface area (Å²) in [4.78, 5) is 24.5. The Hall–Kier alpha value is -2.38. The third-order valence-corrected chi connectivity index (χ3v) is 2.83. The number of nitrogens with zero attached hydrogens (tertiary/aromatic N) is 1. The minimum absolute atomic E-state index is 0.0315. The van der Waals surface area contributed by atoms with Crippen molar-refractivity contribution in [2.24, 2.45) is 5.92 Å². The fraction of sp³-hybridized carbons (Fsp3) is 0.467. The molecule has 1 aromatic rings. The number of halogens is 2. The number of hydrogen-bond donors (Lipinski definition) is 1. The molecule has 0 spiro atoms. The molecule has 8 heteroatoms. The van der Waals surface area contributed by atoms with Gasteiger partial charge in [-0.25, -0.2) is 0 Å². The second-order valence-corrected chi connectivity index (χ2v) is 5.22. The summed E-state index contributed by atoms with van der Waals surface area (Å²) in [6, 6.07) is 3.72. The Kier molecular flexibility index (Phi) is 6.74. The molecule has 0 aliphatic heterocycles.